The minimum atomic E-state index is -0.428. The molecule has 0 radical (unpaired) electrons. The molecule has 0 aliphatic heterocycles. The standard InChI is InChI=1S/C22H16Cl2N4O2/c23-17-11-16(12-18(24)20(17)29)28-13-25-21(27-28)22(30)26-19(14-7-3-1-4-8-14)15-9-5-2-6-10-15/h1-13,19,29H,(H,26,30). The summed E-state index contributed by atoms with van der Waals surface area (Å²) in [6.45, 7) is 0. The third kappa shape index (κ3) is 4.15. The van der Waals surface area contributed by atoms with Crippen LogP contribution in [0.4, 0.5) is 0 Å². The number of benzene rings is 3. The summed E-state index contributed by atoms with van der Waals surface area (Å²) in [5, 5.41) is 17.1. The normalized spacial score (nSPS) is 10.9. The van der Waals surface area contributed by atoms with E-state index < -0.39 is 5.91 Å². The van der Waals surface area contributed by atoms with Gasteiger partial charge in [-0.1, -0.05) is 83.9 Å². The van der Waals surface area contributed by atoms with Gasteiger partial charge < -0.3 is 10.4 Å². The summed E-state index contributed by atoms with van der Waals surface area (Å²) < 4.78 is 1.37. The number of rotatable bonds is 5. The summed E-state index contributed by atoms with van der Waals surface area (Å²) in [6.07, 6.45) is 1.38. The summed E-state index contributed by atoms with van der Waals surface area (Å²) in [6, 6.07) is 21.9. The fourth-order valence-corrected chi connectivity index (χ4v) is 3.50. The summed E-state index contributed by atoms with van der Waals surface area (Å²) in [5.74, 6) is -0.650. The van der Waals surface area contributed by atoms with Gasteiger partial charge in [0.25, 0.3) is 5.91 Å². The predicted molar refractivity (Wildman–Crippen MR) is 115 cm³/mol. The Morgan fingerprint density at radius 1 is 0.933 bits per heavy atom. The first-order valence-corrected chi connectivity index (χ1v) is 9.79. The molecule has 0 aliphatic rings. The van der Waals surface area contributed by atoms with E-state index in [0.29, 0.717) is 5.69 Å². The highest BCUT2D eigenvalue weighted by atomic mass is 35.5. The monoisotopic (exact) mass is 438 g/mol. The van der Waals surface area contributed by atoms with Crippen LogP contribution in [0, 0.1) is 0 Å². The Bertz CT molecular complexity index is 1120. The van der Waals surface area contributed by atoms with E-state index in [1.807, 2.05) is 60.7 Å². The van der Waals surface area contributed by atoms with Gasteiger partial charge in [-0.2, -0.15) is 0 Å². The SMILES string of the molecule is O=C(NC(c1ccccc1)c1ccccc1)c1ncn(-c2cc(Cl)c(O)c(Cl)c2)n1. The van der Waals surface area contributed by atoms with Crippen LogP contribution in [0.1, 0.15) is 27.8 Å². The Labute approximate surface area is 182 Å². The van der Waals surface area contributed by atoms with Gasteiger partial charge >= 0.3 is 0 Å². The molecule has 2 N–H and O–H groups in total. The van der Waals surface area contributed by atoms with Crippen LogP contribution >= 0.6 is 23.2 Å². The largest absolute Gasteiger partial charge is 0.505 e. The summed E-state index contributed by atoms with van der Waals surface area (Å²) in [4.78, 5) is 17.0. The zero-order valence-corrected chi connectivity index (χ0v) is 17.0. The maximum Gasteiger partial charge on any atom is 0.291 e. The molecular formula is C22H16Cl2N4O2. The van der Waals surface area contributed by atoms with E-state index in [0.717, 1.165) is 11.1 Å². The van der Waals surface area contributed by atoms with Crippen molar-refractivity contribution in [2.75, 3.05) is 0 Å². The van der Waals surface area contributed by atoms with E-state index in [4.69, 9.17) is 23.2 Å². The summed E-state index contributed by atoms with van der Waals surface area (Å²) in [7, 11) is 0. The predicted octanol–water partition coefficient (Wildman–Crippen LogP) is 4.80. The molecule has 8 heteroatoms. The van der Waals surface area contributed by atoms with Gasteiger partial charge in [-0.05, 0) is 23.3 Å². The first kappa shape index (κ1) is 19.9. The van der Waals surface area contributed by atoms with E-state index in [9.17, 15) is 9.90 Å². The number of hydrogen-bond donors (Lipinski definition) is 2. The van der Waals surface area contributed by atoms with Crippen LogP contribution in [-0.2, 0) is 0 Å². The number of nitrogens with zero attached hydrogens (tertiary/aromatic N) is 3. The zero-order valence-electron chi connectivity index (χ0n) is 15.5. The molecule has 0 aliphatic carbocycles. The van der Waals surface area contributed by atoms with Crippen LogP contribution in [0.25, 0.3) is 5.69 Å². The molecule has 0 saturated carbocycles. The van der Waals surface area contributed by atoms with E-state index in [1.165, 1.54) is 23.1 Å². The van der Waals surface area contributed by atoms with Crippen molar-refractivity contribution >= 4 is 29.1 Å². The molecule has 4 aromatic rings. The lowest BCUT2D eigenvalue weighted by Crippen LogP contribution is -2.30. The van der Waals surface area contributed by atoms with Crippen LogP contribution in [-0.4, -0.2) is 25.8 Å². The number of hydrogen-bond acceptors (Lipinski definition) is 4. The molecule has 6 nitrogen and oxygen atoms in total. The first-order chi connectivity index (χ1) is 14.5. The van der Waals surface area contributed by atoms with Gasteiger partial charge in [-0.15, -0.1) is 5.10 Å². The molecule has 0 bridgehead atoms. The number of carbonyl (C=O) groups excluding carboxylic acids is 1. The third-order valence-corrected chi connectivity index (χ3v) is 5.08. The second-order valence-corrected chi connectivity index (χ2v) is 7.31. The smallest absolute Gasteiger partial charge is 0.291 e. The molecule has 0 saturated heterocycles. The van der Waals surface area contributed by atoms with Gasteiger partial charge in [-0.3, -0.25) is 4.79 Å². The Balaban J connectivity index is 1.61. The van der Waals surface area contributed by atoms with E-state index >= 15 is 0 Å². The molecule has 150 valence electrons. The Morgan fingerprint density at radius 3 is 2.00 bits per heavy atom. The van der Waals surface area contributed by atoms with Gasteiger partial charge in [0.05, 0.1) is 21.8 Å². The number of phenolic OH excluding ortho intramolecular Hbond substituents is 1. The number of amides is 1. The number of carbonyl (C=O) groups is 1. The van der Waals surface area contributed by atoms with Crippen molar-refractivity contribution < 1.29 is 9.90 Å². The van der Waals surface area contributed by atoms with Crippen LogP contribution in [0.2, 0.25) is 10.0 Å². The maximum absolute atomic E-state index is 12.9. The maximum atomic E-state index is 12.9. The molecule has 1 amide bonds. The molecule has 1 heterocycles. The number of aromatic nitrogens is 3. The quantitative estimate of drug-likeness (QED) is 0.468. The van der Waals surface area contributed by atoms with Crippen LogP contribution in [0.5, 0.6) is 5.75 Å². The van der Waals surface area contributed by atoms with E-state index in [2.05, 4.69) is 15.4 Å². The number of nitrogens with one attached hydrogen (secondary N) is 1. The average Bonchev–Trinajstić information content (AvgIpc) is 3.27. The van der Waals surface area contributed by atoms with Crippen molar-refractivity contribution in [1.29, 1.82) is 0 Å². The lowest BCUT2D eigenvalue weighted by atomic mass is 9.99. The third-order valence-electron chi connectivity index (χ3n) is 4.50. The minimum Gasteiger partial charge on any atom is -0.505 e. The minimum absolute atomic E-state index is 0.00724. The van der Waals surface area contributed by atoms with Gasteiger partial charge in [0.15, 0.2) is 5.75 Å². The highest BCUT2D eigenvalue weighted by molar-refractivity contribution is 6.37. The highest BCUT2D eigenvalue weighted by Gasteiger charge is 2.20. The van der Waals surface area contributed by atoms with Gasteiger partial charge in [0.1, 0.15) is 6.33 Å². The molecule has 3 aromatic carbocycles. The summed E-state index contributed by atoms with van der Waals surface area (Å²) >= 11 is 11.9. The van der Waals surface area contributed by atoms with Crippen LogP contribution in [0.15, 0.2) is 79.1 Å². The first-order valence-electron chi connectivity index (χ1n) is 9.04. The lowest BCUT2D eigenvalue weighted by Gasteiger charge is -2.19. The van der Waals surface area contributed by atoms with Crippen LogP contribution < -0.4 is 5.32 Å². The Hall–Kier alpha value is -3.35. The topological polar surface area (TPSA) is 80.0 Å². The fraction of sp³-hybridized carbons (Fsp3) is 0.0455. The molecule has 0 fully saturated rings. The van der Waals surface area contributed by atoms with E-state index in [-0.39, 0.29) is 27.7 Å². The van der Waals surface area contributed by atoms with Crippen molar-refractivity contribution in [3.05, 3.63) is 106 Å². The lowest BCUT2D eigenvalue weighted by molar-refractivity contribution is 0.0932. The highest BCUT2D eigenvalue weighted by Crippen LogP contribution is 2.33. The second kappa shape index (κ2) is 8.57. The number of aromatic hydroxyl groups is 1. The molecule has 0 unspecified atom stereocenters. The van der Waals surface area contributed by atoms with Crippen LogP contribution in [0.3, 0.4) is 0 Å². The van der Waals surface area contributed by atoms with Gasteiger partial charge in [0, 0.05) is 0 Å². The summed E-state index contributed by atoms with van der Waals surface area (Å²) in [5.41, 5.74) is 2.35. The molecular weight excluding hydrogens is 423 g/mol. The second-order valence-electron chi connectivity index (χ2n) is 6.50. The Morgan fingerprint density at radius 2 is 1.47 bits per heavy atom. The molecule has 0 atom stereocenters. The molecule has 4 rings (SSSR count). The van der Waals surface area contributed by atoms with Gasteiger partial charge in [0.2, 0.25) is 5.82 Å². The molecule has 0 spiro atoms. The van der Waals surface area contributed by atoms with E-state index in [1.54, 1.807) is 0 Å². The molecule has 1 aromatic heterocycles. The zero-order chi connectivity index (χ0) is 21.1. The van der Waals surface area contributed by atoms with Gasteiger partial charge in [-0.25, -0.2) is 9.67 Å². The average molecular weight is 439 g/mol. The van der Waals surface area contributed by atoms with Crippen molar-refractivity contribution in [1.82, 2.24) is 20.1 Å². The van der Waals surface area contributed by atoms with Crippen molar-refractivity contribution in [3.8, 4) is 11.4 Å². The Kier molecular flexibility index (Phi) is 5.70. The number of halogens is 2. The number of phenols is 1. The fourth-order valence-electron chi connectivity index (χ4n) is 3.02. The van der Waals surface area contributed by atoms with Crippen molar-refractivity contribution in [2.24, 2.45) is 0 Å². The van der Waals surface area contributed by atoms with Crippen molar-refractivity contribution in [2.45, 2.75) is 6.04 Å². The van der Waals surface area contributed by atoms with Crippen molar-refractivity contribution in [3.63, 3.8) is 0 Å². The molecule has 30 heavy (non-hydrogen) atoms.